The Bertz CT molecular complexity index is 935. The van der Waals surface area contributed by atoms with Crippen LogP contribution in [0.15, 0.2) is 55.0 Å². The summed E-state index contributed by atoms with van der Waals surface area (Å²) >= 11 is 0. The first kappa shape index (κ1) is 18.0. The molecule has 0 radical (unpaired) electrons. The van der Waals surface area contributed by atoms with Crippen LogP contribution in [-0.4, -0.2) is 45.9 Å². The van der Waals surface area contributed by atoms with Crippen LogP contribution in [0.3, 0.4) is 0 Å². The van der Waals surface area contributed by atoms with Crippen molar-refractivity contribution >= 4 is 17.7 Å². The van der Waals surface area contributed by atoms with Gasteiger partial charge in [-0.2, -0.15) is 5.10 Å². The zero-order valence-corrected chi connectivity index (χ0v) is 15.7. The van der Waals surface area contributed by atoms with E-state index in [0.29, 0.717) is 17.1 Å². The number of nitrogens with one attached hydrogen (secondary N) is 1. The summed E-state index contributed by atoms with van der Waals surface area (Å²) in [5, 5.41) is 7.41. The number of carbonyl (C=O) groups excluding carboxylic acids is 1. The normalized spacial score (nSPS) is 14.7. The molecule has 2 aromatic heterocycles. The number of nitrogens with zero attached hydrogens (tertiary/aromatic N) is 5. The first-order chi connectivity index (χ1) is 13.8. The van der Waals surface area contributed by atoms with Gasteiger partial charge in [-0.15, -0.1) is 0 Å². The zero-order chi connectivity index (χ0) is 19.3. The number of para-hydroxylation sites is 1. The molecule has 3 heterocycles. The molecule has 1 aliphatic heterocycles. The quantitative estimate of drug-likeness (QED) is 0.735. The molecule has 0 spiro atoms. The van der Waals surface area contributed by atoms with Crippen molar-refractivity contribution in [1.82, 2.24) is 19.7 Å². The van der Waals surface area contributed by atoms with Crippen LogP contribution in [0.4, 0.5) is 11.8 Å². The number of hydrogen-bond acceptors (Lipinski definition) is 6. The van der Waals surface area contributed by atoms with E-state index in [2.05, 4.69) is 25.3 Å². The van der Waals surface area contributed by atoms with Crippen molar-refractivity contribution in [1.29, 1.82) is 0 Å². The van der Waals surface area contributed by atoms with Crippen LogP contribution in [0.2, 0.25) is 0 Å². The predicted octanol–water partition coefficient (Wildman–Crippen LogP) is 2.78. The zero-order valence-electron chi connectivity index (χ0n) is 15.7. The Morgan fingerprint density at radius 1 is 1.07 bits per heavy atom. The van der Waals surface area contributed by atoms with Gasteiger partial charge in [0.2, 0.25) is 5.95 Å². The molecule has 1 aliphatic rings. The number of ether oxygens (including phenoxy) is 1. The molecule has 144 valence electrons. The second kappa shape index (κ2) is 8.08. The third-order valence-electron chi connectivity index (χ3n) is 4.91. The highest BCUT2D eigenvalue weighted by Crippen LogP contribution is 2.27. The Balaban J connectivity index is 1.44. The molecule has 1 saturated heterocycles. The molecule has 1 amide bonds. The Labute approximate surface area is 163 Å². The maximum Gasteiger partial charge on any atom is 0.260 e. The summed E-state index contributed by atoms with van der Waals surface area (Å²) in [5.41, 5.74) is 0.494. The molecule has 8 nitrogen and oxygen atoms in total. The number of rotatable bonds is 5. The summed E-state index contributed by atoms with van der Waals surface area (Å²) in [7, 11) is 1.56. The third kappa shape index (κ3) is 3.66. The van der Waals surface area contributed by atoms with Gasteiger partial charge in [-0.05, 0) is 31.0 Å². The van der Waals surface area contributed by atoms with Gasteiger partial charge in [0.15, 0.2) is 0 Å². The van der Waals surface area contributed by atoms with E-state index in [-0.39, 0.29) is 11.9 Å². The van der Waals surface area contributed by atoms with E-state index < -0.39 is 0 Å². The second-order valence-corrected chi connectivity index (χ2v) is 6.58. The molecule has 4 rings (SSSR count). The molecule has 0 atom stereocenters. The molecule has 1 fully saturated rings. The largest absolute Gasteiger partial charge is 0.496 e. The van der Waals surface area contributed by atoms with E-state index in [1.165, 1.54) is 0 Å². The van der Waals surface area contributed by atoms with E-state index in [4.69, 9.17) is 4.74 Å². The van der Waals surface area contributed by atoms with Crippen LogP contribution in [0, 0.1) is 0 Å². The topological polar surface area (TPSA) is 85.2 Å². The summed E-state index contributed by atoms with van der Waals surface area (Å²) < 4.78 is 7.18. The number of benzene rings is 1. The number of carbonyl (C=O) groups is 1. The minimum absolute atomic E-state index is 0.211. The van der Waals surface area contributed by atoms with Crippen molar-refractivity contribution in [3.63, 3.8) is 0 Å². The first-order valence-electron chi connectivity index (χ1n) is 9.26. The molecular weight excluding hydrogens is 356 g/mol. The molecular formula is C20H22N6O2. The van der Waals surface area contributed by atoms with Crippen molar-refractivity contribution in [2.24, 2.45) is 0 Å². The highest BCUT2D eigenvalue weighted by molar-refractivity contribution is 6.05. The maximum atomic E-state index is 12.7. The van der Waals surface area contributed by atoms with Crippen LogP contribution in [-0.2, 0) is 0 Å². The maximum absolute atomic E-state index is 12.7. The summed E-state index contributed by atoms with van der Waals surface area (Å²) in [6, 6.07) is 11.0. The van der Waals surface area contributed by atoms with Crippen LogP contribution in [0.1, 0.15) is 29.2 Å². The molecule has 0 saturated carbocycles. The average Bonchev–Trinajstić information content (AvgIpc) is 3.22. The highest BCUT2D eigenvalue weighted by Gasteiger charge is 2.24. The van der Waals surface area contributed by atoms with Gasteiger partial charge in [-0.1, -0.05) is 12.1 Å². The summed E-state index contributed by atoms with van der Waals surface area (Å²) in [5.74, 6) is 1.77. The SMILES string of the molecule is COc1ccccc1C(=O)Nc1ccnn1C1CCN(c2ncccn2)CC1. The van der Waals surface area contributed by atoms with Crippen molar-refractivity contribution in [3.05, 3.63) is 60.6 Å². The minimum atomic E-state index is -0.214. The second-order valence-electron chi connectivity index (χ2n) is 6.58. The Kier molecular flexibility index (Phi) is 5.18. The van der Waals surface area contributed by atoms with Gasteiger partial charge in [-0.25, -0.2) is 14.6 Å². The van der Waals surface area contributed by atoms with Crippen LogP contribution in [0.25, 0.3) is 0 Å². The Morgan fingerprint density at radius 3 is 2.57 bits per heavy atom. The number of anilines is 2. The lowest BCUT2D eigenvalue weighted by Gasteiger charge is -2.32. The van der Waals surface area contributed by atoms with Gasteiger partial charge in [-0.3, -0.25) is 4.79 Å². The predicted molar refractivity (Wildman–Crippen MR) is 106 cm³/mol. The van der Waals surface area contributed by atoms with Crippen molar-refractivity contribution < 1.29 is 9.53 Å². The van der Waals surface area contributed by atoms with Gasteiger partial charge < -0.3 is 15.0 Å². The average molecular weight is 378 g/mol. The van der Waals surface area contributed by atoms with E-state index in [9.17, 15) is 4.79 Å². The van der Waals surface area contributed by atoms with Crippen molar-refractivity contribution in [2.75, 3.05) is 30.4 Å². The van der Waals surface area contributed by atoms with E-state index in [1.54, 1.807) is 37.8 Å². The van der Waals surface area contributed by atoms with E-state index >= 15 is 0 Å². The molecule has 0 aliphatic carbocycles. The van der Waals surface area contributed by atoms with Gasteiger partial charge in [0.1, 0.15) is 11.6 Å². The fraction of sp³-hybridized carbons (Fsp3) is 0.300. The number of methoxy groups -OCH3 is 1. The Hall–Kier alpha value is -3.42. The first-order valence-corrected chi connectivity index (χ1v) is 9.26. The lowest BCUT2D eigenvalue weighted by Crippen LogP contribution is -2.36. The summed E-state index contributed by atoms with van der Waals surface area (Å²) in [6.45, 7) is 1.68. The van der Waals surface area contributed by atoms with Gasteiger partial charge in [0.25, 0.3) is 5.91 Å². The lowest BCUT2D eigenvalue weighted by atomic mass is 10.1. The number of piperidine rings is 1. The van der Waals surface area contributed by atoms with Crippen LogP contribution < -0.4 is 15.0 Å². The summed E-state index contributed by atoms with van der Waals surface area (Å²) in [6.07, 6.45) is 7.03. The van der Waals surface area contributed by atoms with Gasteiger partial charge >= 0.3 is 0 Å². The van der Waals surface area contributed by atoms with Crippen molar-refractivity contribution in [3.8, 4) is 5.75 Å². The van der Waals surface area contributed by atoms with Crippen molar-refractivity contribution in [2.45, 2.75) is 18.9 Å². The third-order valence-corrected chi connectivity index (χ3v) is 4.91. The summed E-state index contributed by atoms with van der Waals surface area (Å²) in [4.78, 5) is 23.5. The monoisotopic (exact) mass is 378 g/mol. The highest BCUT2D eigenvalue weighted by atomic mass is 16.5. The minimum Gasteiger partial charge on any atom is -0.496 e. The molecule has 0 bridgehead atoms. The Morgan fingerprint density at radius 2 is 1.82 bits per heavy atom. The molecule has 3 aromatic rings. The number of hydrogen-bond donors (Lipinski definition) is 1. The molecule has 1 aromatic carbocycles. The standard InChI is InChI=1S/C20H22N6O2/c1-28-17-6-3-2-5-16(17)19(27)24-18-7-12-23-26(18)15-8-13-25(14-9-15)20-21-10-4-11-22-20/h2-7,10-12,15H,8-9,13-14H2,1H3,(H,24,27). The molecule has 28 heavy (non-hydrogen) atoms. The number of amides is 1. The van der Waals surface area contributed by atoms with E-state index in [1.807, 2.05) is 28.9 Å². The fourth-order valence-corrected chi connectivity index (χ4v) is 3.49. The van der Waals surface area contributed by atoms with Gasteiger partial charge in [0.05, 0.1) is 24.9 Å². The van der Waals surface area contributed by atoms with Crippen LogP contribution in [0.5, 0.6) is 5.75 Å². The fourth-order valence-electron chi connectivity index (χ4n) is 3.49. The smallest absolute Gasteiger partial charge is 0.260 e. The number of aromatic nitrogens is 4. The van der Waals surface area contributed by atoms with Crippen LogP contribution >= 0.6 is 0 Å². The molecule has 8 heteroatoms. The van der Waals surface area contributed by atoms with Gasteiger partial charge in [0, 0.05) is 31.5 Å². The molecule has 0 unspecified atom stereocenters. The lowest BCUT2D eigenvalue weighted by molar-refractivity contribution is 0.102. The molecule has 1 N–H and O–H groups in total. The van der Waals surface area contributed by atoms with E-state index in [0.717, 1.165) is 31.9 Å².